The van der Waals surface area contributed by atoms with Gasteiger partial charge >= 0.3 is 0 Å². The Kier molecular flexibility index (Phi) is 7.75. The molecule has 0 saturated carbocycles. The average molecular weight is 260 g/mol. The van der Waals surface area contributed by atoms with Gasteiger partial charge in [0.15, 0.2) is 0 Å². The molecule has 0 spiro atoms. The average Bonchev–Trinajstić information content (AvgIpc) is 2.25. The van der Waals surface area contributed by atoms with Crippen molar-refractivity contribution in [1.82, 2.24) is 0 Å². The largest absolute Gasteiger partial charge is 0.100 e. The third-order valence-electron chi connectivity index (χ3n) is 4.02. The summed E-state index contributed by atoms with van der Waals surface area (Å²) in [6.45, 7) is 27.3. The van der Waals surface area contributed by atoms with Crippen LogP contribution in [0.1, 0.15) is 53.9 Å². The van der Waals surface area contributed by atoms with E-state index in [9.17, 15) is 0 Å². The minimum Gasteiger partial charge on any atom is -0.100 e. The fourth-order valence-electron chi connectivity index (χ4n) is 2.87. The normalized spacial score (nSPS) is 15.4. The Bertz CT molecular complexity index is 356. The fourth-order valence-corrected chi connectivity index (χ4v) is 2.87. The summed E-state index contributed by atoms with van der Waals surface area (Å²) < 4.78 is 0. The number of hydrogen-bond donors (Lipinski definition) is 0. The summed E-state index contributed by atoms with van der Waals surface area (Å²) in [6, 6.07) is 0. The van der Waals surface area contributed by atoms with Crippen molar-refractivity contribution in [2.75, 3.05) is 0 Å². The number of rotatable bonds is 9. The summed E-state index contributed by atoms with van der Waals surface area (Å²) in [5.74, 6) is 1.54. The molecular formula is C19H32. The summed E-state index contributed by atoms with van der Waals surface area (Å²) in [6.07, 6.45) is 3.28. The van der Waals surface area contributed by atoms with Gasteiger partial charge in [0.05, 0.1) is 0 Å². The molecule has 0 aromatic rings. The second-order valence-corrected chi connectivity index (χ2v) is 6.25. The third kappa shape index (κ3) is 6.09. The van der Waals surface area contributed by atoms with E-state index in [0.717, 1.165) is 19.3 Å². The van der Waals surface area contributed by atoms with Crippen molar-refractivity contribution in [3.05, 3.63) is 48.6 Å². The van der Waals surface area contributed by atoms with E-state index < -0.39 is 0 Å². The van der Waals surface area contributed by atoms with Crippen LogP contribution in [-0.4, -0.2) is 0 Å². The lowest BCUT2D eigenvalue weighted by molar-refractivity contribution is 0.347. The molecule has 0 aromatic carbocycles. The summed E-state index contributed by atoms with van der Waals surface area (Å²) in [4.78, 5) is 0. The molecular weight excluding hydrogens is 228 g/mol. The molecule has 0 nitrogen and oxygen atoms in total. The van der Waals surface area contributed by atoms with Crippen LogP contribution in [0.4, 0.5) is 0 Å². The van der Waals surface area contributed by atoms with Crippen molar-refractivity contribution in [3.8, 4) is 0 Å². The van der Waals surface area contributed by atoms with Crippen molar-refractivity contribution >= 4 is 0 Å². The first kappa shape index (κ1) is 18.0. The Morgan fingerprint density at radius 3 is 1.53 bits per heavy atom. The van der Waals surface area contributed by atoms with E-state index in [0.29, 0.717) is 17.8 Å². The summed E-state index contributed by atoms with van der Waals surface area (Å²) in [5.41, 5.74) is 5.02. The summed E-state index contributed by atoms with van der Waals surface area (Å²) in [7, 11) is 0. The molecule has 0 aliphatic carbocycles. The molecule has 3 unspecified atom stereocenters. The molecule has 19 heavy (non-hydrogen) atoms. The Morgan fingerprint density at radius 2 is 1.26 bits per heavy atom. The van der Waals surface area contributed by atoms with Crippen LogP contribution in [0.2, 0.25) is 0 Å². The van der Waals surface area contributed by atoms with Gasteiger partial charge in [-0.25, -0.2) is 0 Å². The van der Waals surface area contributed by atoms with Crippen LogP contribution in [0.3, 0.4) is 0 Å². The maximum absolute atomic E-state index is 4.21. The van der Waals surface area contributed by atoms with Gasteiger partial charge in [-0.2, -0.15) is 0 Å². The highest BCUT2D eigenvalue weighted by molar-refractivity contribution is 5.12. The highest BCUT2D eigenvalue weighted by atomic mass is 14.3. The molecule has 0 bridgehead atoms. The minimum atomic E-state index is 0.503. The highest BCUT2D eigenvalue weighted by Gasteiger charge is 2.25. The zero-order chi connectivity index (χ0) is 15.2. The van der Waals surface area contributed by atoms with Crippen LogP contribution in [0.5, 0.6) is 0 Å². The van der Waals surface area contributed by atoms with E-state index in [2.05, 4.69) is 60.9 Å². The van der Waals surface area contributed by atoms with Gasteiger partial charge in [-0.3, -0.25) is 0 Å². The lowest BCUT2D eigenvalue weighted by atomic mass is 9.74. The van der Waals surface area contributed by atoms with E-state index in [1.54, 1.807) is 0 Å². The standard InChI is InChI=1S/C19H32/c1-10-18(15(6)7)19(16(8)9)12-17(14(4)5)11-13(2)3/h17-19H,2,4,6,8,10-12H2,1,3,5,7,9H3. The highest BCUT2D eigenvalue weighted by Crippen LogP contribution is 2.36. The third-order valence-corrected chi connectivity index (χ3v) is 4.02. The molecule has 0 amide bonds. The van der Waals surface area contributed by atoms with Crippen LogP contribution >= 0.6 is 0 Å². The van der Waals surface area contributed by atoms with Gasteiger partial charge in [-0.1, -0.05) is 49.0 Å². The lowest BCUT2D eigenvalue weighted by Crippen LogP contribution is -2.20. The van der Waals surface area contributed by atoms with E-state index in [-0.39, 0.29) is 0 Å². The van der Waals surface area contributed by atoms with Gasteiger partial charge in [0, 0.05) is 0 Å². The van der Waals surface area contributed by atoms with Crippen molar-refractivity contribution < 1.29 is 0 Å². The molecule has 0 rings (SSSR count). The summed E-state index contributed by atoms with van der Waals surface area (Å²) in [5, 5.41) is 0. The smallest absolute Gasteiger partial charge is 0.0138 e. The first-order valence-corrected chi connectivity index (χ1v) is 7.31. The van der Waals surface area contributed by atoms with Crippen LogP contribution in [0.15, 0.2) is 48.6 Å². The SMILES string of the molecule is C=C(C)CC(CC(C(=C)C)C(CC)C(=C)C)C(=C)C. The fraction of sp³-hybridized carbons (Fsp3) is 0.579. The molecule has 0 heterocycles. The van der Waals surface area contributed by atoms with Crippen LogP contribution in [0.25, 0.3) is 0 Å². The van der Waals surface area contributed by atoms with Gasteiger partial charge < -0.3 is 0 Å². The van der Waals surface area contributed by atoms with E-state index in [1.807, 2.05) is 0 Å². The molecule has 0 aliphatic rings. The second-order valence-electron chi connectivity index (χ2n) is 6.25. The molecule has 0 aliphatic heterocycles. The van der Waals surface area contributed by atoms with E-state index >= 15 is 0 Å². The zero-order valence-corrected chi connectivity index (χ0v) is 13.7. The Labute approximate surface area is 121 Å². The topological polar surface area (TPSA) is 0 Å². The maximum atomic E-state index is 4.21. The zero-order valence-electron chi connectivity index (χ0n) is 13.7. The van der Waals surface area contributed by atoms with Crippen molar-refractivity contribution in [3.63, 3.8) is 0 Å². The Balaban J connectivity index is 5.08. The molecule has 0 radical (unpaired) electrons. The first-order valence-electron chi connectivity index (χ1n) is 7.31. The molecule has 0 heteroatoms. The van der Waals surface area contributed by atoms with Crippen molar-refractivity contribution in [1.29, 1.82) is 0 Å². The van der Waals surface area contributed by atoms with E-state index in [1.165, 1.54) is 22.3 Å². The molecule has 0 aromatic heterocycles. The van der Waals surface area contributed by atoms with Crippen LogP contribution < -0.4 is 0 Å². The Morgan fingerprint density at radius 1 is 0.789 bits per heavy atom. The summed E-state index contributed by atoms with van der Waals surface area (Å²) >= 11 is 0. The predicted molar refractivity (Wildman–Crippen MR) is 89.3 cm³/mol. The van der Waals surface area contributed by atoms with Crippen LogP contribution in [0, 0.1) is 17.8 Å². The monoisotopic (exact) mass is 260 g/mol. The first-order chi connectivity index (χ1) is 8.70. The number of hydrogen-bond acceptors (Lipinski definition) is 0. The van der Waals surface area contributed by atoms with Gasteiger partial charge in [0.2, 0.25) is 0 Å². The van der Waals surface area contributed by atoms with Gasteiger partial charge in [0.25, 0.3) is 0 Å². The minimum absolute atomic E-state index is 0.503. The maximum Gasteiger partial charge on any atom is -0.0138 e. The molecule has 0 N–H and O–H groups in total. The number of allylic oxidation sites excluding steroid dienone is 4. The molecule has 0 fully saturated rings. The molecule has 108 valence electrons. The van der Waals surface area contributed by atoms with Gasteiger partial charge in [-0.15, -0.1) is 6.58 Å². The Hall–Kier alpha value is -1.04. The van der Waals surface area contributed by atoms with Gasteiger partial charge in [-0.05, 0) is 64.7 Å². The van der Waals surface area contributed by atoms with E-state index in [4.69, 9.17) is 0 Å². The predicted octanol–water partition coefficient (Wildman–Crippen LogP) is 6.33. The molecule has 3 atom stereocenters. The van der Waals surface area contributed by atoms with Crippen molar-refractivity contribution in [2.45, 2.75) is 53.9 Å². The second kappa shape index (κ2) is 8.19. The molecule has 0 saturated heterocycles. The van der Waals surface area contributed by atoms with Crippen molar-refractivity contribution in [2.24, 2.45) is 17.8 Å². The van der Waals surface area contributed by atoms with Crippen LogP contribution in [-0.2, 0) is 0 Å². The lowest BCUT2D eigenvalue weighted by Gasteiger charge is -2.31. The van der Waals surface area contributed by atoms with Gasteiger partial charge in [0.1, 0.15) is 0 Å². The quantitative estimate of drug-likeness (QED) is 0.425.